The number of hydrogen-bond acceptors (Lipinski definition) is 7. The number of allylic oxidation sites excluding steroid dienone is 1. The lowest BCUT2D eigenvalue weighted by molar-refractivity contribution is -0.143. The number of rotatable bonds is 10. The lowest BCUT2D eigenvalue weighted by Gasteiger charge is -2.32. The second kappa shape index (κ2) is 14.4. The van der Waals surface area contributed by atoms with Crippen molar-refractivity contribution >= 4 is 46.1 Å². The molecule has 1 aromatic heterocycles. The van der Waals surface area contributed by atoms with Crippen LogP contribution < -0.4 is 9.47 Å². The van der Waals surface area contributed by atoms with Crippen LogP contribution in [-0.4, -0.2) is 59.3 Å². The van der Waals surface area contributed by atoms with Crippen LogP contribution in [0.1, 0.15) is 62.6 Å². The maximum absolute atomic E-state index is 14.1. The van der Waals surface area contributed by atoms with Crippen LogP contribution in [0.5, 0.6) is 17.2 Å². The maximum Gasteiger partial charge on any atom is 0.234 e. The molecular weight excluding hydrogens is 719 g/mol. The van der Waals surface area contributed by atoms with E-state index in [2.05, 4.69) is 33.7 Å². The van der Waals surface area contributed by atoms with Crippen LogP contribution in [0.4, 0.5) is 0 Å². The van der Waals surface area contributed by atoms with E-state index in [1.807, 2.05) is 60.7 Å². The number of imide groups is 1. The van der Waals surface area contributed by atoms with Crippen molar-refractivity contribution in [2.45, 2.75) is 63.5 Å². The van der Waals surface area contributed by atoms with Crippen LogP contribution in [0.25, 0.3) is 11.6 Å². The molecule has 2 saturated heterocycles. The third-order valence-corrected chi connectivity index (χ3v) is 11.2. The predicted molar refractivity (Wildman–Crippen MR) is 191 cm³/mol. The number of aromatic hydroxyl groups is 1. The van der Waals surface area contributed by atoms with Crippen LogP contribution in [-0.2, 0) is 14.3 Å². The lowest BCUT2D eigenvalue weighted by Crippen LogP contribution is -2.42. The Hall–Kier alpha value is -3.70. The number of fused-ring (bicyclic) bond motifs is 3. The molecule has 3 fully saturated rings. The van der Waals surface area contributed by atoms with Gasteiger partial charge < -0.3 is 19.3 Å². The molecule has 1 saturated carbocycles. The number of nitrogens with zero attached hydrogens (tertiary/aromatic N) is 2. The average molecular weight is 761 g/mol. The van der Waals surface area contributed by atoms with Crippen molar-refractivity contribution in [1.82, 2.24) is 9.88 Å². The molecule has 2 aliphatic carbocycles. The molecule has 3 aromatic rings. The molecule has 250 valence electrons. The van der Waals surface area contributed by atoms with Gasteiger partial charge in [0.25, 0.3) is 0 Å². The maximum atomic E-state index is 14.1. The summed E-state index contributed by atoms with van der Waals surface area (Å²) in [4.78, 5) is 34.3. The molecule has 1 N–H and O–H groups in total. The summed E-state index contributed by atoms with van der Waals surface area (Å²) in [5.74, 6) is 0.425. The number of carbonyl (C=O) groups excluding carboxylic acids is 2. The molecule has 0 bridgehead atoms. The number of phenols is 1. The third-order valence-electron chi connectivity index (χ3n) is 10.4. The standard InChI is InChI=1S/C39H41IN2O6/c1-46-34-20-24(19-31(40)37(34)43)18-25(32-14-8-9-17-41-32)15-16-33-35-26(22-47-28-12-6-3-7-13-28)21-29-36(30(35)23-48-33)39(45)42(38(29)44)27-10-4-2-5-11-27/h3,6-9,12-14,17-20,27,29-30,33,36,43H,2,4-5,10-11,15-16,21-23H2,1H3/b25-18-/t29-,30+,33-,36-/m1/s1. The fourth-order valence-electron chi connectivity index (χ4n) is 8.16. The van der Waals surface area contributed by atoms with Crippen molar-refractivity contribution < 1.29 is 28.9 Å². The van der Waals surface area contributed by atoms with Crippen LogP contribution in [0.2, 0.25) is 0 Å². The van der Waals surface area contributed by atoms with Gasteiger partial charge in [0.05, 0.1) is 40.9 Å². The molecule has 3 heterocycles. The zero-order chi connectivity index (χ0) is 33.2. The molecule has 4 atom stereocenters. The van der Waals surface area contributed by atoms with Gasteiger partial charge in [0.15, 0.2) is 11.5 Å². The lowest BCUT2D eigenvalue weighted by atomic mass is 9.69. The molecule has 48 heavy (non-hydrogen) atoms. The molecule has 4 aliphatic rings. The first-order chi connectivity index (χ1) is 23.4. The van der Waals surface area contributed by atoms with Crippen molar-refractivity contribution in [3.8, 4) is 17.2 Å². The molecule has 2 aromatic carbocycles. The fourth-order valence-corrected chi connectivity index (χ4v) is 8.79. The number of benzene rings is 2. The minimum atomic E-state index is -0.378. The van der Waals surface area contributed by atoms with Gasteiger partial charge >= 0.3 is 0 Å². The van der Waals surface area contributed by atoms with E-state index in [-0.39, 0.29) is 47.5 Å². The van der Waals surface area contributed by atoms with E-state index < -0.39 is 0 Å². The Morgan fingerprint density at radius 3 is 2.58 bits per heavy atom. The van der Waals surface area contributed by atoms with Crippen molar-refractivity contribution in [1.29, 1.82) is 0 Å². The smallest absolute Gasteiger partial charge is 0.234 e. The van der Waals surface area contributed by atoms with Gasteiger partial charge in [-0.2, -0.15) is 0 Å². The Balaban J connectivity index is 1.19. The summed E-state index contributed by atoms with van der Waals surface area (Å²) in [6, 6.07) is 19.4. The van der Waals surface area contributed by atoms with Gasteiger partial charge in [0.1, 0.15) is 12.4 Å². The predicted octanol–water partition coefficient (Wildman–Crippen LogP) is 7.45. The normalized spacial score (nSPS) is 24.5. The Labute approximate surface area is 295 Å². The van der Waals surface area contributed by atoms with Crippen molar-refractivity contribution in [2.75, 3.05) is 20.3 Å². The van der Waals surface area contributed by atoms with E-state index in [0.29, 0.717) is 41.8 Å². The van der Waals surface area contributed by atoms with E-state index >= 15 is 0 Å². The van der Waals surface area contributed by atoms with Gasteiger partial charge in [-0.25, -0.2) is 0 Å². The summed E-state index contributed by atoms with van der Waals surface area (Å²) in [5.41, 5.74) is 5.01. The second-order valence-electron chi connectivity index (χ2n) is 13.2. The van der Waals surface area contributed by atoms with Gasteiger partial charge in [-0.1, -0.05) is 43.5 Å². The highest BCUT2D eigenvalue weighted by Crippen LogP contribution is 2.51. The summed E-state index contributed by atoms with van der Waals surface area (Å²) < 4.78 is 19.0. The van der Waals surface area contributed by atoms with E-state index in [4.69, 9.17) is 14.2 Å². The number of amides is 2. The Morgan fingerprint density at radius 1 is 1.04 bits per heavy atom. The first kappa shape index (κ1) is 32.8. The van der Waals surface area contributed by atoms with Gasteiger partial charge in [-0.05, 0) is 119 Å². The minimum absolute atomic E-state index is 0.00312. The molecule has 2 amide bonds. The van der Waals surface area contributed by atoms with Crippen LogP contribution >= 0.6 is 22.6 Å². The molecule has 7 rings (SSSR count). The zero-order valence-corrected chi connectivity index (χ0v) is 29.3. The van der Waals surface area contributed by atoms with Gasteiger partial charge in [-0.3, -0.25) is 19.5 Å². The number of aromatic nitrogens is 1. The number of pyridine rings is 1. The summed E-state index contributed by atoms with van der Waals surface area (Å²) in [6.45, 7) is 0.780. The Kier molecular flexibility index (Phi) is 9.86. The number of phenolic OH excluding ortho intramolecular Hbond substituents is 1. The van der Waals surface area contributed by atoms with Crippen LogP contribution in [0.3, 0.4) is 0 Å². The van der Waals surface area contributed by atoms with Gasteiger partial charge in [0, 0.05) is 18.2 Å². The molecule has 2 aliphatic heterocycles. The Bertz CT molecular complexity index is 1720. The van der Waals surface area contributed by atoms with E-state index in [1.165, 1.54) is 6.42 Å². The van der Waals surface area contributed by atoms with Crippen molar-refractivity contribution in [2.24, 2.45) is 17.8 Å². The van der Waals surface area contributed by atoms with E-state index in [9.17, 15) is 14.7 Å². The monoisotopic (exact) mass is 760 g/mol. The highest BCUT2D eigenvalue weighted by molar-refractivity contribution is 14.1. The molecule has 9 heteroatoms. The molecule has 0 spiro atoms. The largest absolute Gasteiger partial charge is 0.504 e. The number of carbonyl (C=O) groups is 2. The zero-order valence-electron chi connectivity index (χ0n) is 27.1. The summed E-state index contributed by atoms with van der Waals surface area (Å²) in [5, 5.41) is 10.4. The molecule has 8 nitrogen and oxygen atoms in total. The highest BCUT2D eigenvalue weighted by atomic mass is 127. The first-order valence-corrected chi connectivity index (χ1v) is 18.1. The number of para-hydroxylation sites is 1. The third kappa shape index (κ3) is 6.51. The van der Waals surface area contributed by atoms with Crippen LogP contribution in [0.15, 0.2) is 78.0 Å². The summed E-state index contributed by atoms with van der Waals surface area (Å²) in [7, 11) is 1.55. The van der Waals surface area contributed by atoms with Crippen molar-refractivity contribution in [3.05, 3.63) is 92.8 Å². The number of likely N-dealkylation sites (tertiary alicyclic amines) is 1. The number of halogens is 1. The summed E-state index contributed by atoms with van der Waals surface area (Å²) in [6.07, 6.45) is 10.6. The Morgan fingerprint density at radius 2 is 1.83 bits per heavy atom. The van der Waals surface area contributed by atoms with E-state index in [0.717, 1.165) is 59.4 Å². The average Bonchev–Trinajstić information content (AvgIpc) is 3.65. The summed E-state index contributed by atoms with van der Waals surface area (Å²) >= 11 is 2.11. The molecular formula is C39H41IN2O6. The fraction of sp³-hybridized carbons (Fsp3) is 0.410. The second-order valence-corrected chi connectivity index (χ2v) is 14.4. The molecule has 0 radical (unpaired) electrons. The SMILES string of the molecule is COc1cc(/C=C(/CC[C@H]2OC[C@H]3C2=C(COc2ccccc2)C[C@H]2C(=O)N(C4CCCCC4)C(=O)[C@H]23)c2ccccn2)cc(I)c1O. The topological polar surface area (TPSA) is 98.2 Å². The highest BCUT2D eigenvalue weighted by Gasteiger charge is 2.58. The number of ether oxygens (including phenoxy) is 3. The van der Waals surface area contributed by atoms with Gasteiger partial charge in [-0.15, -0.1) is 0 Å². The van der Waals surface area contributed by atoms with Gasteiger partial charge in [0.2, 0.25) is 11.8 Å². The quantitative estimate of drug-likeness (QED) is 0.130. The minimum Gasteiger partial charge on any atom is -0.504 e. The van der Waals surface area contributed by atoms with Crippen LogP contribution in [0, 0.1) is 21.3 Å². The number of hydrogen-bond donors (Lipinski definition) is 1. The molecule has 0 unspecified atom stereocenters. The number of methoxy groups -OCH3 is 1. The van der Waals surface area contributed by atoms with Crippen molar-refractivity contribution in [3.63, 3.8) is 0 Å². The van der Waals surface area contributed by atoms with E-state index in [1.54, 1.807) is 18.2 Å². The first-order valence-electron chi connectivity index (χ1n) is 17.0.